The Labute approximate surface area is 280 Å². The van der Waals surface area contributed by atoms with Gasteiger partial charge in [-0.25, -0.2) is 8.42 Å². The van der Waals surface area contributed by atoms with Crippen molar-refractivity contribution in [1.82, 2.24) is 10.2 Å². The lowest BCUT2D eigenvalue weighted by Gasteiger charge is -2.34. The number of nitrogens with one attached hydrogen (secondary N) is 1. The minimum Gasteiger partial charge on any atom is -0.494 e. The maximum absolute atomic E-state index is 14.5. The second-order valence-electron chi connectivity index (χ2n) is 10.6. The molecule has 0 saturated heterocycles. The number of ether oxygens (including phenoxy) is 1. The van der Waals surface area contributed by atoms with Crippen LogP contribution in [0.4, 0.5) is 5.69 Å². The number of nitrogens with zero attached hydrogens (tertiary/aromatic N) is 2. The first kappa shape index (κ1) is 34.8. The molecule has 0 aliphatic carbocycles. The molecular weight excluding hydrogens is 645 g/mol. The van der Waals surface area contributed by atoms with Gasteiger partial charge in [-0.05, 0) is 80.4 Å². The molecule has 0 aliphatic heterocycles. The number of amides is 2. The van der Waals surface area contributed by atoms with Gasteiger partial charge < -0.3 is 15.0 Å². The summed E-state index contributed by atoms with van der Waals surface area (Å²) in [5.41, 5.74) is 2.53. The standard InChI is InChI=1S/C35H37Cl2N3O5S/c1-4-38-35(42)33(21-26-9-7-6-8-10-26)39(23-27-13-14-28(36)22-32(27)37)34(41)24-40(29-15-17-30(18-16-29)45-5-2)46(43,44)31-19-11-25(3)12-20-31/h6-20,22,33H,4-5,21,23-24H2,1-3H3,(H,38,42). The zero-order valence-electron chi connectivity index (χ0n) is 26.0. The SMILES string of the molecule is CCNC(=O)C(Cc1ccccc1)N(Cc1ccc(Cl)cc1Cl)C(=O)CN(c1ccc(OCC)cc1)S(=O)(=O)c1ccc(C)cc1. The molecule has 4 aromatic rings. The Bertz CT molecular complexity index is 1730. The summed E-state index contributed by atoms with van der Waals surface area (Å²) in [6.45, 7) is 5.63. The van der Waals surface area contributed by atoms with Crippen LogP contribution in [-0.4, -0.2) is 50.9 Å². The van der Waals surface area contributed by atoms with Crippen LogP contribution in [0.1, 0.15) is 30.5 Å². The Morgan fingerprint density at radius 3 is 2.17 bits per heavy atom. The number of hydrogen-bond acceptors (Lipinski definition) is 5. The molecule has 0 aliphatic rings. The van der Waals surface area contributed by atoms with E-state index >= 15 is 0 Å². The largest absolute Gasteiger partial charge is 0.494 e. The average Bonchev–Trinajstić information content (AvgIpc) is 3.03. The number of carbonyl (C=O) groups excluding carboxylic acids is 2. The quantitative estimate of drug-likeness (QED) is 0.160. The van der Waals surface area contributed by atoms with Crippen molar-refractivity contribution in [2.45, 2.75) is 44.7 Å². The number of rotatable bonds is 14. The van der Waals surface area contributed by atoms with Gasteiger partial charge in [0.1, 0.15) is 18.3 Å². The summed E-state index contributed by atoms with van der Waals surface area (Å²) >= 11 is 12.7. The third kappa shape index (κ3) is 8.81. The molecule has 4 rings (SSSR count). The molecule has 1 N–H and O–H groups in total. The molecule has 0 bridgehead atoms. The normalized spacial score (nSPS) is 11.8. The van der Waals surface area contributed by atoms with E-state index in [0.29, 0.717) is 34.5 Å². The van der Waals surface area contributed by atoms with E-state index in [4.69, 9.17) is 27.9 Å². The Morgan fingerprint density at radius 2 is 1.57 bits per heavy atom. The summed E-state index contributed by atoms with van der Waals surface area (Å²) in [7, 11) is -4.23. The van der Waals surface area contributed by atoms with Gasteiger partial charge in [-0.3, -0.25) is 13.9 Å². The van der Waals surface area contributed by atoms with Crippen LogP contribution in [0.25, 0.3) is 0 Å². The monoisotopic (exact) mass is 681 g/mol. The maximum Gasteiger partial charge on any atom is 0.264 e. The van der Waals surface area contributed by atoms with Gasteiger partial charge >= 0.3 is 0 Å². The van der Waals surface area contributed by atoms with Crippen molar-refractivity contribution in [3.05, 3.63) is 124 Å². The van der Waals surface area contributed by atoms with Crippen molar-refractivity contribution in [2.75, 3.05) is 24.0 Å². The molecule has 242 valence electrons. The predicted octanol–water partition coefficient (Wildman–Crippen LogP) is 6.67. The molecule has 0 spiro atoms. The minimum absolute atomic E-state index is 0.0247. The number of anilines is 1. The first-order chi connectivity index (χ1) is 22.0. The number of benzene rings is 4. The molecule has 0 saturated carbocycles. The lowest BCUT2D eigenvalue weighted by Crippen LogP contribution is -2.53. The summed E-state index contributed by atoms with van der Waals surface area (Å²) in [5, 5.41) is 3.58. The van der Waals surface area contributed by atoms with Gasteiger partial charge in [0, 0.05) is 29.6 Å². The lowest BCUT2D eigenvalue weighted by molar-refractivity contribution is -0.140. The van der Waals surface area contributed by atoms with E-state index in [0.717, 1.165) is 15.4 Å². The molecule has 2 amide bonds. The van der Waals surface area contributed by atoms with Crippen molar-refractivity contribution >= 4 is 50.7 Å². The zero-order valence-corrected chi connectivity index (χ0v) is 28.3. The molecule has 8 nitrogen and oxygen atoms in total. The topological polar surface area (TPSA) is 96.0 Å². The van der Waals surface area contributed by atoms with Gasteiger partial charge in [-0.2, -0.15) is 0 Å². The van der Waals surface area contributed by atoms with Crippen LogP contribution < -0.4 is 14.4 Å². The van der Waals surface area contributed by atoms with E-state index in [1.54, 1.807) is 61.5 Å². The van der Waals surface area contributed by atoms with Gasteiger partial charge in [0.25, 0.3) is 10.0 Å². The first-order valence-corrected chi connectivity index (χ1v) is 17.1. The highest BCUT2D eigenvalue weighted by atomic mass is 35.5. The average molecular weight is 683 g/mol. The second-order valence-corrected chi connectivity index (χ2v) is 13.3. The Hall–Kier alpha value is -4.05. The summed E-state index contributed by atoms with van der Waals surface area (Å²) in [4.78, 5) is 29.5. The van der Waals surface area contributed by atoms with E-state index < -0.39 is 28.5 Å². The van der Waals surface area contributed by atoms with Crippen LogP contribution in [0, 0.1) is 6.92 Å². The number of carbonyl (C=O) groups is 2. The van der Waals surface area contributed by atoms with E-state index in [-0.39, 0.29) is 29.5 Å². The van der Waals surface area contributed by atoms with Crippen LogP contribution in [0.3, 0.4) is 0 Å². The van der Waals surface area contributed by atoms with Crippen LogP contribution >= 0.6 is 23.2 Å². The third-order valence-electron chi connectivity index (χ3n) is 7.30. The van der Waals surface area contributed by atoms with E-state index in [1.807, 2.05) is 44.2 Å². The number of aryl methyl sites for hydroxylation is 1. The fraction of sp³-hybridized carbons (Fsp3) is 0.257. The van der Waals surface area contributed by atoms with Crippen LogP contribution in [-0.2, 0) is 32.6 Å². The molecule has 11 heteroatoms. The zero-order chi connectivity index (χ0) is 33.3. The van der Waals surface area contributed by atoms with Crippen LogP contribution in [0.2, 0.25) is 10.0 Å². The van der Waals surface area contributed by atoms with Gasteiger partial charge in [0.05, 0.1) is 17.2 Å². The highest BCUT2D eigenvalue weighted by Crippen LogP contribution is 2.28. The summed E-state index contributed by atoms with van der Waals surface area (Å²) in [6.07, 6.45) is 0.192. The second kappa shape index (κ2) is 16.0. The van der Waals surface area contributed by atoms with Gasteiger partial charge in [0.15, 0.2) is 0 Å². The summed E-state index contributed by atoms with van der Waals surface area (Å²) in [6, 6.07) is 26.2. The van der Waals surface area contributed by atoms with Crippen molar-refractivity contribution < 1.29 is 22.7 Å². The van der Waals surface area contributed by atoms with Gasteiger partial charge in [-0.15, -0.1) is 0 Å². The minimum atomic E-state index is -4.23. The maximum atomic E-state index is 14.5. The van der Waals surface area contributed by atoms with Crippen molar-refractivity contribution in [3.8, 4) is 5.75 Å². The first-order valence-electron chi connectivity index (χ1n) is 14.9. The highest BCUT2D eigenvalue weighted by molar-refractivity contribution is 7.92. The lowest BCUT2D eigenvalue weighted by atomic mass is 10.0. The number of halogens is 2. The fourth-order valence-corrected chi connectivity index (χ4v) is 6.80. The van der Waals surface area contributed by atoms with Gasteiger partial charge in [-0.1, -0.05) is 77.3 Å². The molecule has 0 heterocycles. The summed E-state index contributed by atoms with van der Waals surface area (Å²) < 4.78 is 35.0. The molecule has 1 unspecified atom stereocenters. The Kier molecular flexibility index (Phi) is 12.1. The van der Waals surface area contributed by atoms with E-state index in [1.165, 1.54) is 17.0 Å². The van der Waals surface area contributed by atoms with Crippen LogP contribution in [0.15, 0.2) is 102 Å². The highest BCUT2D eigenvalue weighted by Gasteiger charge is 2.34. The van der Waals surface area contributed by atoms with E-state index in [2.05, 4.69) is 5.32 Å². The molecule has 0 radical (unpaired) electrons. The van der Waals surface area contributed by atoms with Crippen molar-refractivity contribution in [2.24, 2.45) is 0 Å². The third-order valence-corrected chi connectivity index (χ3v) is 9.68. The number of hydrogen-bond donors (Lipinski definition) is 1. The molecule has 0 fully saturated rings. The van der Waals surface area contributed by atoms with Crippen molar-refractivity contribution in [1.29, 1.82) is 0 Å². The Morgan fingerprint density at radius 1 is 0.891 bits per heavy atom. The molecule has 0 aromatic heterocycles. The van der Waals surface area contributed by atoms with E-state index in [9.17, 15) is 18.0 Å². The smallest absolute Gasteiger partial charge is 0.264 e. The predicted molar refractivity (Wildman–Crippen MR) is 183 cm³/mol. The number of sulfonamides is 1. The van der Waals surface area contributed by atoms with Crippen LogP contribution in [0.5, 0.6) is 5.75 Å². The van der Waals surface area contributed by atoms with Crippen molar-refractivity contribution in [3.63, 3.8) is 0 Å². The molecular formula is C35H37Cl2N3O5S. The molecule has 1 atom stereocenters. The number of likely N-dealkylation sites (N-methyl/N-ethyl adjacent to an activating group) is 1. The Balaban J connectivity index is 1.81. The molecule has 46 heavy (non-hydrogen) atoms. The summed E-state index contributed by atoms with van der Waals surface area (Å²) in [5.74, 6) is -0.412. The fourth-order valence-electron chi connectivity index (χ4n) is 4.92. The van der Waals surface area contributed by atoms with Gasteiger partial charge in [0.2, 0.25) is 11.8 Å². The molecule has 4 aromatic carbocycles.